The van der Waals surface area contributed by atoms with Gasteiger partial charge in [0.15, 0.2) is 6.10 Å². The summed E-state index contributed by atoms with van der Waals surface area (Å²) in [7, 11) is 0. The molecule has 1 fully saturated rings. The minimum atomic E-state index is -1.11. The fourth-order valence-corrected chi connectivity index (χ4v) is 2.84. The second kappa shape index (κ2) is 6.36. The summed E-state index contributed by atoms with van der Waals surface area (Å²) in [5, 5.41) is 9.52. The number of hydrogen-bond acceptors (Lipinski definition) is 4. The first-order chi connectivity index (χ1) is 10.4. The molecule has 0 aromatic heterocycles. The summed E-state index contributed by atoms with van der Waals surface area (Å²) in [5.74, 6) is -0.528. The van der Waals surface area contributed by atoms with E-state index in [-0.39, 0.29) is 6.61 Å². The van der Waals surface area contributed by atoms with Crippen LogP contribution in [-0.4, -0.2) is 46.5 Å². The maximum atomic E-state index is 12.1. The van der Waals surface area contributed by atoms with Gasteiger partial charge in [0.05, 0.1) is 12.6 Å². The quantitative estimate of drug-likeness (QED) is 0.864. The number of amides is 1. The van der Waals surface area contributed by atoms with Gasteiger partial charge in [-0.05, 0) is 32.8 Å². The molecule has 1 heterocycles. The largest absolute Gasteiger partial charge is 0.465 e. The van der Waals surface area contributed by atoms with E-state index < -0.39 is 29.9 Å². The number of ether oxygens (including phenoxy) is 2. The van der Waals surface area contributed by atoms with Gasteiger partial charge in [-0.2, -0.15) is 0 Å². The molecule has 1 aromatic rings. The number of benzene rings is 1. The monoisotopic (exact) mass is 307 g/mol. The van der Waals surface area contributed by atoms with E-state index in [1.54, 1.807) is 20.8 Å². The molecule has 1 N–H and O–H groups in total. The fraction of sp³-hybridized carbons (Fsp3) is 0.500. The van der Waals surface area contributed by atoms with Crippen LogP contribution in [0, 0.1) is 0 Å². The van der Waals surface area contributed by atoms with Gasteiger partial charge in [-0.3, -0.25) is 4.90 Å². The van der Waals surface area contributed by atoms with E-state index >= 15 is 0 Å². The molecule has 0 aliphatic carbocycles. The third kappa shape index (κ3) is 3.22. The summed E-state index contributed by atoms with van der Waals surface area (Å²) in [4.78, 5) is 25.0. The van der Waals surface area contributed by atoms with Crippen molar-refractivity contribution in [3.05, 3.63) is 35.9 Å². The molecule has 0 bridgehead atoms. The van der Waals surface area contributed by atoms with Crippen molar-refractivity contribution in [2.24, 2.45) is 0 Å². The summed E-state index contributed by atoms with van der Waals surface area (Å²) in [6, 6.07) is 8.81. The fourth-order valence-electron chi connectivity index (χ4n) is 2.84. The van der Waals surface area contributed by atoms with Crippen molar-refractivity contribution in [1.82, 2.24) is 4.90 Å². The third-order valence-electron chi connectivity index (χ3n) is 3.69. The SMILES string of the molecule is CCOC(=O)C1OC(C)(C)N(C(=O)O)C1Cc1ccccc1. The Balaban J connectivity index is 2.32. The van der Waals surface area contributed by atoms with Crippen LogP contribution in [0.25, 0.3) is 0 Å². The number of hydrogen-bond donors (Lipinski definition) is 1. The maximum absolute atomic E-state index is 12.1. The summed E-state index contributed by atoms with van der Waals surface area (Å²) in [6.45, 7) is 5.21. The summed E-state index contributed by atoms with van der Waals surface area (Å²) >= 11 is 0. The molecular formula is C16H21NO5. The molecule has 6 heteroatoms. The number of carboxylic acid groups (broad SMARTS) is 1. The minimum Gasteiger partial charge on any atom is -0.465 e. The van der Waals surface area contributed by atoms with Gasteiger partial charge in [0.25, 0.3) is 0 Å². The van der Waals surface area contributed by atoms with Crippen molar-refractivity contribution < 1.29 is 24.2 Å². The number of carbonyl (C=O) groups is 2. The van der Waals surface area contributed by atoms with E-state index in [1.807, 2.05) is 30.3 Å². The predicted octanol–water partition coefficient (Wildman–Crippen LogP) is 2.28. The van der Waals surface area contributed by atoms with E-state index in [1.165, 1.54) is 4.90 Å². The molecule has 2 unspecified atom stereocenters. The van der Waals surface area contributed by atoms with Gasteiger partial charge in [-0.25, -0.2) is 9.59 Å². The minimum absolute atomic E-state index is 0.226. The van der Waals surface area contributed by atoms with Crippen LogP contribution in [0.3, 0.4) is 0 Å². The molecule has 2 rings (SSSR count). The summed E-state index contributed by atoms with van der Waals surface area (Å²) in [6.07, 6.45) is -1.65. The Hall–Kier alpha value is -2.08. The molecule has 1 aliphatic rings. The van der Waals surface area contributed by atoms with Crippen molar-refractivity contribution >= 4 is 12.1 Å². The Morgan fingerprint density at radius 1 is 1.32 bits per heavy atom. The summed E-state index contributed by atoms with van der Waals surface area (Å²) in [5.41, 5.74) is -0.141. The molecule has 120 valence electrons. The highest BCUT2D eigenvalue weighted by molar-refractivity contribution is 5.78. The number of nitrogens with zero attached hydrogens (tertiary/aromatic N) is 1. The standard InChI is InChI=1S/C16H21NO5/c1-4-21-14(18)13-12(10-11-8-6-5-7-9-11)17(15(19)20)16(2,3)22-13/h5-9,12-13H,4,10H2,1-3H3,(H,19,20). The molecule has 2 atom stereocenters. The molecule has 0 radical (unpaired) electrons. The molecule has 6 nitrogen and oxygen atoms in total. The zero-order chi connectivity index (χ0) is 16.3. The number of esters is 1. The lowest BCUT2D eigenvalue weighted by molar-refractivity contribution is -0.161. The Morgan fingerprint density at radius 3 is 2.50 bits per heavy atom. The Labute approximate surface area is 129 Å². The topological polar surface area (TPSA) is 76.1 Å². The average Bonchev–Trinajstić information content (AvgIpc) is 2.71. The lowest BCUT2D eigenvalue weighted by atomic mass is 10.0. The predicted molar refractivity (Wildman–Crippen MR) is 79.4 cm³/mol. The zero-order valence-corrected chi connectivity index (χ0v) is 13.0. The van der Waals surface area contributed by atoms with Crippen LogP contribution in [0.15, 0.2) is 30.3 Å². The zero-order valence-electron chi connectivity index (χ0n) is 13.0. The van der Waals surface area contributed by atoms with Gasteiger partial charge in [0.2, 0.25) is 0 Å². The van der Waals surface area contributed by atoms with E-state index in [0.717, 1.165) is 5.56 Å². The summed E-state index contributed by atoms with van der Waals surface area (Å²) < 4.78 is 10.7. The molecule has 1 amide bonds. The van der Waals surface area contributed by atoms with E-state index in [9.17, 15) is 14.7 Å². The van der Waals surface area contributed by atoms with Crippen LogP contribution in [0.2, 0.25) is 0 Å². The average molecular weight is 307 g/mol. The van der Waals surface area contributed by atoms with Crippen LogP contribution in [-0.2, 0) is 20.7 Å². The highest BCUT2D eigenvalue weighted by atomic mass is 16.6. The van der Waals surface area contributed by atoms with Gasteiger partial charge in [0, 0.05) is 0 Å². The van der Waals surface area contributed by atoms with Crippen LogP contribution < -0.4 is 0 Å². The van der Waals surface area contributed by atoms with Gasteiger partial charge >= 0.3 is 12.1 Å². The third-order valence-corrected chi connectivity index (χ3v) is 3.69. The Morgan fingerprint density at radius 2 is 1.95 bits per heavy atom. The first kappa shape index (κ1) is 16.3. The molecule has 22 heavy (non-hydrogen) atoms. The number of carbonyl (C=O) groups excluding carboxylic acids is 1. The van der Waals surface area contributed by atoms with Crippen LogP contribution in [0.4, 0.5) is 4.79 Å². The smallest absolute Gasteiger partial charge is 0.409 e. The molecule has 0 saturated carbocycles. The Bertz CT molecular complexity index is 543. The van der Waals surface area contributed by atoms with Gasteiger partial charge in [-0.1, -0.05) is 30.3 Å². The first-order valence-corrected chi connectivity index (χ1v) is 7.27. The number of rotatable bonds is 4. The van der Waals surface area contributed by atoms with Crippen molar-refractivity contribution in [2.45, 2.75) is 45.1 Å². The van der Waals surface area contributed by atoms with E-state index in [2.05, 4.69) is 0 Å². The van der Waals surface area contributed by atoms with Crippen LogP contribution in [0.5, 0.6) is 0 Å². The van der Waals surface area contributed by atoms with Crippen molar-refractivity contribution in [3.63, 3.8) is 0 Å². The Kier molecular flexibility index (Phi) is 4.71. The van der Waals surface area contributed by atoms with Crippen molar-refractivity contribution in [3.8, 4) is 0 Å². The van der Waals surface area contributed by atoms with Crippen LogP contribution >= 0.6 is 0 Å². The van der Waals surface area contributed by atoms with Crippen molar-refractivity contribution in [2.75, 3.05) is 6.61 Å². The maximum Gasteiger partial charge on any atom is 0.409 e. The van der Waals surface area contributed by atoms with Gasteiger partial charge in [0.1, 0.15) is 5.72 Å². The van der Waals surface area contributed by atoms with Gasteiger partial charge in [-0.15, -0.1) is 0 Å². The highest BCUT2D eigenvalue weighted by Gasteiger charge is 2.53. The molecule has 1 saturated heterocycles. The normalized spacial score (nSPS) is 23.3. The first-order valence-electron chi connectivity index (χ1n) is 7.27. The molecule has 1 aliphatic heterocycles. The van der Waals surface area contributed by atoms with Crippen molar-refractivity contribution in [1.29, 1.82) is 0 Å². The lowest BCUT2D eigenvalue weighted by Crippen LogP contribution is -2.49. The molecular weight excluding hydrogens is 286 g/mol. The molecule has 1 aromatic carbocycles. The second-order valence-corrected chi connectivity index (χ2v) is 5.65. The van der Waals surface area contributed by atoms with E-state index in [4.69, 9.17) is 9.47 Å². The van der Waals surface area contributed by atoms with E-state index in [0.29, 0.717) is 6.42 Å². The highest BCUT2D eigenvalue weighted by Crippen LogP contribution is 2.34. The second-order valence-electron chi connectivity index (χ2n) is 5.65. The van der Waals surface area contributed by atoms with Crippen LogP contribution in [0.1, 0.15) is 26.3 Å². The lowest BCUT2D eigenvalue weighted by Gasteiger charge is -2.30. The molecule has 0 spiro atoms. The van der Waals surface area contributed by atoms with Gasteiger partial charge < -0.3 is 14.6 Å².